The van der Waals surface area contributed by atoms with Crippen LogP contribution in [0.4, 0.5) is 0 Å². The first-order valence-electron chi connectivity index (χ1n) is 7.47. The molecule has 21 heavy (non-hydrogen) atoms. The van der Waals surface area contributed by atoms with Crippen LogP contribution in [0.15, 0.2) is 35.7 Å². The SMILES string of the molecule is COc1ccc(C)cc1C(C)NC(c1cccs1)C(C)C. The maximum Gasteiger partial charge on any atom is 0.123 e. The minimum atomic E-state index is 0.245. The van der Waals surface area contributed by atoms with E-state index in [0.717, 1.165) is 5.75 Å². The van der Waals surface area contributed by atoms with Crippen molar-refractivity contribution in [3.8, 4) is 5.75 Å². The number of ether oxygens (including phenoxy) is 1. The fraction of sp³-hybridized carbons (Fsp3) is 0.444. The molecule has 0 spiro atoms. The van der Waals surface area contributed by atoms with E-state index in [4.69, 9.17) is 4.74 Å². The van der Waals surface area contributed by atoms with E-state index in [1.165, 1.54) is 16.0 Å². The van der Waals surface area contributed by atoms with Crippen molar-refractivity contribution >= 4 is 11.3 Å². The van der Waals surface area contributed by atoms with Gasteiger partial charge < -0.3 is 10.1 Å². The molecule has 0 bridgehead atoms. The molecule has 2 rings (SSSR count). The Hall–Kier alpha value is -1.32. The third-order valence-corrected chi connectivity index (χ3v) is 4.75. The van der Waals surface area contributed by atoms with Gasteiger partial charge >= 0.3 is 0 Å². The molecule has 1 N–H and O–H groups in total. The summed E-state index contributed by atoms with van der Waals surface area (Å²) in [5.41, 5.74) is 2.48. The molecule has 1 aromatic carbocycles. The number of benzene rings is 1. The average molecular weight is 303 g/mol. The van der Waals surface area contributed by atoms with Gasteiger partial charge in [-0.1, -0.05) is 37.6 Å². The number of hydrogen-bond acceptors (Lipinski definition) is 3. The third-order valence-electron chi connectivity index (χ3n) is 3.80. The molecule has 0 aliphatic heterocycles. The number of thiophene rings is 1. The Morgan fingerprint density at radius 2 is 1.90 bits per heavy atom. The van der Waals surface area contributed by atoms with Crippen LogP contribution in [0.5, 0.6) is 5.75 Å². The second-order valence-electron chi connectivity index (χ2n) is 5.87. The fourth-order valence-electron chi connectivity index (χ4n) is 2.62. The molecule has 0 amide bonds. The minimum absolute atomic E-state index is 0.245. The number of rotatable bonds is 6. The van der Waals surface area contributed by atoms with Gasteiger partial charge in [0.15, 0.2) is 0 Å². The molecule has 1 heterocycles. The van der Waals surface area contributed by atoms with Crippen molar-refractivity contribution in [3.63, 3.8) is 0 Å². The summed E-state index contributed by atoms with van der Waals surface area (Å²) in [6.45, 7) is 8.85. The second-order valence-corrected chi connectivity index (χ2v) is 6.85. The first-order chi connectivity index (χ1) is 10.0. The van der Waals surface area contributed by atoms with Crippen molar-refractivity contribution in [3.05, 3.63) is 51.7 Å². The van der Waals surface area contributed by atoms with Crippen LogP contribution < -0.4 is 10.1 Å². The second kappa shape index (κ2) is 7.10. The Morgan fingerprint density at radius 3 is 2.48 bits per heavy atom. The van der Waals surface area contributed by atoms with Crippen molar-refractivity contribution < 1.29 is 4.74 Å². The first kappa shape index (κ1) is 16.1. The molecule has 0 radical (unpaired) electrons. The van der Waals surface area contributed by atoms with Crippen molar-refractivity contribution in [2.75, 3.05) is 7.11 Å². The topological polar surface area (TPSA) is 21.3 Å². The predicted octanol–water partition coefficient (Wildman–Crippen LogP) is 5.11. The van der Waals surface area contributed by atoms with E-state index in [2.05, 4.69) is 68.7 Å². The summed E-state index contributed by atoms with van der Waals surface area (Å²) in [6, 6.07) is 11.3. The van der Waals surface area contributed by atoms with Crippen molar-refractivity contribution in [1.29, 1.82) is 0 Å². The highest BCUT2D eigenvalue weighted by Gasteiger charge is 2.21. The molecule has 0 aliphatic rings. The van der Waals surface area contributed by atoms with Gasteiger partial charge in [0.2, 0.25) is 0 Å². The van der Waals surface area contributed by atoms with Gasteiger partial charge in [0.25, 0.3) is 0 Å². The lowest BCUT2D eigenvalue weighted by atomic mass is 9.98. The lowest BCUT2D eigenvalue weighted by Gasteiger charge is -2.27. The Kier molecular flexibility index (Phi) is 5.43. The molecule has 2 unspecified atom stereocenters. The zero-order valence-corrected chi connectivity index (χ0v) is 14.3. The molecule has 0 aliphatic carbocycles. The summed E-state index contributed by atoms with van der Waals surface area (Å²) >= 11 is 1.82. The molecule has 0 saturated carbocycles. The molecular weight excluding hydrogens is 278 g/mol. The Balaban J connectivity index is 2.23. The van der Waals surface area contributed by atoms with Crippen LogP contribution in [-0.4, -0.2) is 7.11 Å². The zero-order chi connectivity index (χ0) is 15.4. The predicted molar refractivity (Wildman–Crippen MR) is 91.2 cm³/mol. The molecular formula is C18H25NOS. The molecule has 2 nitrogen and oxygen atoms in total. The van der Waals surface area contributed by atoms with Crippen LogP contribution in [-0.2, 0) is 0 Å². The summed E-state index contributed by atoms with van der Waals surface area (Å²) < 4.78 is 5.52. The van der Waals surface area contributed by atoms with E-state index in [1.807, 2.05) is 11.3 Å². The van der Waals surface area contributed by atoms with Gasteiger partial charge in [-0.3, -0.25) is 0 Å². The van der Waals surface area contributed by atoms with Gasteiger partial charge in [-0.25, -0.2) is 0 Å². The lowest BCUT2D eigenvalue weighted by molar-refractivity contribution is 0.363. The molecule has 0 fully saturated rings. The molecule has 114 valence electrons. The van der Waals surface area contributed by atoms with Gasteiger partial charge in [-0.15, -0.1) is 11.3 Å². The molecule has 0 saturated heterocycles. The van der Waals surface area contributed by atoms with Gasteiger partial charge in [0.1, 0.15) is 5.75 Å². The summed E-state index contributed by atoms with van der Waals surface area (Å²) in [5.74, 6) is 1.50. The van der Waals surface area contributed by atoms with Gasteiger partial charge in [-0.05, 0) is 37.3 Å². The van der Waals surface area contributed by atoms with Crippen molar-refractivity contribution in [1.82, 2.24) is 5.32 Å². The monoisotopic (exact) mass is 303 g/mol. The average Bonchev–Trinajstić information content (AvgIpc) is 2.97. The quantitative estimate of drug-likeness (QED) is 0.800. The highest BCUT2D eigenvalue weighted by atomic mass is 32.1. The maximum absolute atomic E-state index is 5.52. The Morgan fingerprint density at radius 1 is 1.14 bits per heavy atom. The van der Waals surface area contributed by atoms with Crippen LogP contribution in [0.2, 0.25) is 0 Å². The largest absolute Gasteiger partial charge is 0.496 e. The van der Waals surface area contributed by atoms with E-state index in [0.29, 0.717) is 12.0 Å². The lowest BCUT2D eigenvalue weighted by Crippen LogP contribution is -2.28. The Labute approximate surface area is 132 Å². The third kappa shape index (κ3) is 3.86. The fourth-order valence-corrected chi connectivity index (χ4v) is 3.58. The number of nitrogens with one attached hydrogen (secondary N) is 1. The number of hydrogen-bond donors (Lipinski definition) is 1. The van der Waals surface area contributed by atoms with E-state index in [-0.39, 0.29) is 6.04 Å². The van der Waals surface area contributed by atoms with E-state index in [1.54, 1.807) is 7.11 Å². The van der Waals surface area contributed by atoms with Crippen molar-refractivity contribution in [2.24, 2.45) is 5.92 Å². The van der Waals surface area contributed by atoms with E-state index < -0.39 is 0 Å². The minimum Gasteiger partial charge on any atom is -0.496 e. The van der Waals surface area contributed by atoms with Crippen LogP contribution in [0.25, 0.3) is 0 Å². The molecule has 2 atom stereocenters. The van der Waals surface area contributed by atoms with Crippen molar-refractivity contribution in [2.45, 2.75) is 39.8 Å². The standard InChI is InChI=1S/C18H25NOS/c1-12(2)18(17-7-6-10-21-17)19-14(4)15-11-13(3)8-9-16(15)20-5/h6-12,14,18-19H,1-5H3. The summed E-state index contributed by atoms with van der Waals surface area (Å²) in [4.78, 5) is 1.39. The first-order valence-corrected chi connectivity index (χ1v) is 8.35. The maximum atomic E-state index is 5.52. The summed E-state index contributed by atoms with van der Waals surface area (Å²) in [7, 11) is 1.74. The highest BCUT2D eigenvalue weighted by molar-refractivity contribution is 7.10. The van der Waals surface area contributed by atoms with E-state index >= 15 is 0 Å². The van der Waals surface area contributed by atoms with Crippen LogP contribution in [0, 0.1) is 12.8 Å². The molecule has 2 aromatic rings. The highest BCUT2D eigenvalue weighted by Crippen LogP contribution is 2.32. The zero-order valence-electron chi connectivity index (χ0n) is 13.5. The number of aryl methyl sites for hydroxylation is 1. The smallest absolute Gasteiger partial charge is 0.123 e. The molecule has 1 aromatic heterocycles. The summed E-state index contributed by atoms with van der Waals surface area (Å²) in [6.07, 6.45) is 0. The molecule has 3 heteroatoms. The Bertz CT molecular complexity index is 563. The van der Waals surface area contributed by atoms with Crippen LogP contribution >= 0.6 is 11.3 Å². The summed E-state index contributed by atoms with van der Waals surface area (Å²) in [5, 5.41) is 5.91. The van der Waals surface area contributed by atoms with Gasteiger partial charge in [0.05, 0.1) is 7.11 Å². The number of methoxy groups -OCH3 is 1. The normalized spacial score (nSPS) is 14.2. The van der Waals surface area contributed by atoms with Crippen LogP contribution in [0.3, 0.4) is 0 Å². The van der Waals surface area contributed by atoms with Gasteiger partial charge in [-0.2, -0.15) is 0 Å². The van der Waals surface area contributed by atoms with Crippen LogP contribution in [0.1, 0.15) is 48.9 Å². The van der Waals surface area contributed by atoms with Gasteiger partial charge in [0, 0.05) is 22.5 Å². The van der Waals surface area contributed by atoms with E-state index in [9.17, 15) is 0 Å².